The van der Waals surface area contributed by atoms with Crippen molar-refractivity contribution in [3.63, 3.8) is 0 Å². The van der Waals surface area contributed by atoms with Crippen LogP contribution >= 0.6 is 31.9 Å². The molecule has 0 atom stereocenters. The average Bonchev–Trinajstić information content (AvgIpc) is 3.02. The van der Waals surface area contributed by atoms with Gasteiger partial charge in [0, 0.05) is 27.1 Å². The first kappa shape index (κ1) is 17.9. The van der Waals surface area contributed by atoms with Crippen molar-refractivity contribution in [3.05, 3.63) is 44.5 Å². The highest BCUT2D eigenvalue weighted by Crippen LogP contribution is 2.35. The number of hydrogen-bond donors (Lipinski definition) is 2. The number of aliphatic hydroxyl groups is 1. The number of rotatable bonds is 5. The van der Waals surface area contributed by atoms with Crippen molar-refractivity contribution < 1.29 is 14.3 Å². The van der Waals surface area contributed by atoms with Crippen LogP contribution < -0.4 is 5.32 Å². The van der Waals surface area contributed by atoms with Crippen LogP contribution in [0.3, 0.4) is 0 Å². The van der Waals surface area contributed by atoms with Crippen molar-refractivity contribution in [2.45, 2.75) is 44.4 Å². The summed E-state index contributed by atoms with van der Waals surface area (Å²) < 4.78 is 7.51. The first-order chi connectivity index (χ1) is 11.6. The van der Waals surface area contributed by atoms with Gasteiger partial charge in [-0.3, -0.25) is 4.79 Å². The second kappa shape index (κ2) is 7.95. The molecule has 4 nitrogen and oxygen atoms in total. The summed E-state index contributed by atoms with van der Waals surface area (Å²) in [5.74, 6) is 0.993. The number of furan rings is 1. The van der Waals surface area contributed by atoms with E-state index in [9.17, 15) is 9.90 Å². The van der Waals surface area contributed by atoms with E-state index in [1.807, 2.05) is 12.1 Å². The van der Waals surface area contributed by atoms with Crippen LogP contribution in [-0.4, -0.2) is 23.5 Å². The lowest BCUT2D eigenvalue weighted by atomic mass is 9.93. The molecule has 1 aliphatic carbocycles. The molecule has 0 bridgehead atoms. The Hall–Kier alpha value is -0.950. The van der Waals surface area contributed by atoms with Gasteiger partial charge >= 0.3 is 0 Å². The Kier molecular flexibility index (Phi) is 5.92. The van der Waals surface area contributed by atoms with E-state index < -0.39 is 0 Å². The average molecular weight is 457 g/mol. The summed E-state index contributed by atoms with van der Waals surface area (Å²) in [7, 11) is 0. The molecule has 0 amide bonds. The van der Waals surface area contributed by atoms with E-state index in [2.05, 4.69) is 43.2 Å². The number of carbonyl (C=O) groups excluding carboxylic acids is 1. The van der Waals surface area contributed by atoms with Crippen LogP contribution in [0.2, 0.25) is 0 Å². The molecule has 1 aromatic carbocycles. The van der Waals surface area contributed by atoms with Crippen LogP contribution in [0, 0.1) is 0 Å². The monoisotopic (exact) mass is 455 g/mol. The predicted octanol–water partition coefficient (Wildman–Crippen LogP) is 4.68. The van der Waals surface area contributed by atoms with Crippen molar-refractivity contribution in [1.29, 1.82) is 0 Å². The van der Waals surface area contributed by atoms with Crippen LogP contribution in [0.15, 0.2) is 37.6 Å². The molecule has 1 saturated carbocycles. The third-order valence-corrected chi connectivity index (χ3v) is 5.49. The number of aldehydes is 1. The molecule has 3 rings (SSSR count). The molecule has 0 radical (unpaired) electrons. The summed E-state index contributed by atoms with van der Waals surface area (Å²) in [6, 6.07) is 7.95. The molecule has 0 aliphatic heterocycles. The van der Waals surface area contributed by atoms with Crippen LogP contribution in [0.5, 0.6) is 0 Å². The summed E-state index contributed by atoms with van der Waals surface area (Å²) >= 11 is 7.14. The molecule has 128 valence electrons. The van der Waals surface area contributed by atoms with Gasteiger partial charge in [-0.05, 0) is 71.4 Å². The lowest BCUT2D eigenvalue weighted by molar-refractivity contribution is 0.110. The van der Waals surface area contributed by atoms with Gasteiger partial charge in [0.25, 0.3) is 0 Å². The summed E-state index contributed by atoms with van der Waals surface area (Å²) in [4.78, 5) is 10.9. The minimum absolute atomic E-state index is 0.150. The summed E-state index contributed by atoms with van der Waals surface area (Å²) in [5.41, 5.74) is 2.05. The Labute approximate surface area is 157 Å². The molecule has 1 aromatic heterocycles. The zero-order valence-corrected chi connectivity index (χ0v) is 16.3. The summed E-state index contributed by atoms with van der Waals surface area (Å²) in [6.45, 7) is 0.700. The Morgan fingerprint density at radius 1 is 1.21 bits per heavy atom. The van der Waals surface area contributed by atoms with E-state index in [0.717, 1.165) is 45.8 Å². The lowest BCUT2D eigenvalue weighted by Gasteiger charge is -2.26. The minimum Gasteiger partial charge on any atom is -0.453 e. The van der Waals surface area contributed by atoms with E-state index in [4.69, 9.17) is 4.42 Å². The van der Waals surface area contributed by atoms with E-state index in [1.165, 1.54) is 0 Å². The maximum atomic E-state index is 10.9. The fourth-order valence-corrected chi connectivity index (χ4v) is 4.64. The highest BCUT2D eigenvalue weighted by Gasteiger charge is 2.20. The van der Waals surface area contributed by atoms with Gasteiger partial charge in [-0.2, -0.15) is 0 Å². The molecular formula is C18H19Br2NO3. The number of carbonyl (C=O) groups is 1. The van der Waals surface area contributed by atoms with E-state index >= 15 is 0 Å². The van der Waals surface area contributed by atoms with Gasteiger partial charge in [0.15, 0.2) is 12.0 Å². The maximum Gasteiger partial charge on any atom is 0.185 e. The normalized spacial score (nSPS) is 21.0. The van der Waals surface area contributed by atoms with Crippen molar-refractivity contribution in [2.75, 3.05) is 0 Å². The van der Waals surface area contributed by atoms with E-state index in [1.54, 1.807) is 6.07 Å². The van der Waals surface area contributed by atoms with Crippen LogP contribution in [0.4, 0.5) is 0 Å². The zero-order chi connectivity index (χ0) is 17.1. The second-order valence-electron chi connectivity index (χ2n) is 6.13. The highest BCUT2D eigenvalue weighted by atomic mass is 79.9. The second-order valence-corrected chi connectivity index (χ2v) is 7.90. The summed E-state index contributed by atoms with van der Waals surface area (Å²) in [5, 5.41) is 13.2. The molecule has 24 heavy (non-hydrogen) atoms. The fraction of sp³-hybridized carbons (Fsp3) is 0.389. The molecule has 0 saturated heterocycles. The van der Waals surface area contributed by atoms with Gasteiger partial charge in [0.1, 0.15) is 5.76 Å². The number of halogens is 2. The van der Waals surface area contributed by atoms with Gasteiger partial charge in [0.05, 0.1) is 6.10 Å². The third-order valence-electron chi connectivity index (χ3n) is 4.40. The first-order valence-electron chi connectivity index (χ1n) is 8.01. The van der Waals surface area contributed by atoms with Crippen molar-refractivity contribution in [3.8, 4) is 11.3 Å². The topological polar surface area (TPSA) is 62.5 Å². The number of aliphatic hydroxyl groups excluding tert-OH is 1. The molecule has 2 aromatic rings. The molecular weight excluding hydrogens is 438 g/mol. The van der Waals surface area contributed by atoms with Crippen molar-refractivity contribution in [1.82, 2.24) is 5.32 Å². The molecule has 0 spiro atoms. The van der Waals surface area contributed by atoms with Crippen molar-refractivity contribution >= 4 is 38.1 Å². The van der Waals surface area contributed by atoms with Crippen LogP contribution in [0.1, 0.15) is 41.8 Å². The largest absolute Gasteiger partial charge is 0.453 e. The number of nitrogens with one attached hydrogen (secondary N) is 1. The van der Waals surface area contributed by atoms with Gasteiger partial charge < -0.3 is 14.8 Å². The van der Waals surface area contributed by atoms with Gasteiger partial charge in [-0.25, -0.2) is 0 Å². The SMILES string of the molecule is O=Cc1ccc(-c2c(Br)cc(Br)cc2CNC2CCC(O)CC2)o1. The zero-order valence-electron chi connectivity index (χ0n) is 13.1. The quantitative estimate of drug-likeness (QED) is 0.641. The first-order valence-corrected chi connectivity index (χ1v) is 9.60. The Morgan fingerprint density at radius 3 is 2.62 bits per heavy atom. The number of hydrogen-bond acceptors (Lipinski definition) is 4. The van der Waals surface area contributed by atoms with Gasteiger partial charge in [-0.1, -0.05) is 15.9 Å². The molecule has 0 unspecified atom stereocenters. The Morgan fingerprint density at radius 2 is 1.96 bits per heavy atom. The molecule has 1 fully saturated rings. The Balaban J connectivity index is 1.82. The van der Waals surface area contributed by atoms with Gasteiger partial charge in [0.2, 0.25) is 0 Å². The summed E-state index contributed by atoms with van der Waals surface area (Å²) in [6.07, 6.45) is 4.25. The maximum absolute atomic E-state index is 10.9. The highest BCUT2D eigenvalue weighted by molar-refractivity contribution is 9.11. The molecule has 2 N–H and O–H groups in total. The molecule has 1 heterocycles. The molecule has 6 heteroatoms. The van der Waals surface area contributed by atoms with Crippen LogP contribution in [0.25, 0.3) is 11.3 Å². The van der Waals surface area contributed by atoms with Crippen molar-refractivity contribution in [2.24, 2.45) is 0 Å². The van der Waals surface area contributed by atoms with Crippen LogP contribution in [-0.2, 0) is 6.54 Å². The fourth-order valence-electron chi connectivity index (χ4n) is 3.13. The minimum atomic E-state index is -0.150. The lowest BCUT2D eigenvalue weighted by Crippen LogP contribution is -2.34. The number of benzene rings is 1. The standard InChI is InChI=1S/C18H19Br2NO3/c19-12-7-11(9-21-13-1-3-14(23)4-2-13)18(16(20)8-12)17-6-5-15(10-22)24-17/h5-8,10,13-14,21,23H,1-4,9H2. The third kappa shape index (κ3) is 4.17. The predicted molar refractivity (Wildman–Crippen MR) is 100 cm³/mol. The smallest absolute Gasteiger partial charge is 0.185 e. The van der Waals surface area contributed by atoms with E-state index in [0.29, 0.717) is 30.4 Å². The van der Waals surface area contributed by atoms with E-state index in [-0.39, 0.29) is 6.10 Å². The van der Waals surface area contributed by atoms with Gasteiger partial charge in [-0.15, -0.1) is 0 Å². The molecule has 1 aliphatic rings. The Bertz CT molecular complexity index is 721.